The minimum atomic E-state index is -0.0208. The van der Waals surface area contributed by atoms with Crippen molar-refractivity contribution in [3.8, 4) is 6.07 Å². The minimum Gasteiger partial charge on any atom is -0.398 e. The maximum absolute atomic E-state index is 9.36. The number of nitrogens with zero attached hydrogens (tertiary/aromatic N) is 1. The Morgan fingerprint density at radius 1 is 1.54 bits per heavy atom. The number of carbonyl (C=O) groups is 1. The third-order valence-corrected chi connectivity index (χ3v) is 1.08. The Hall–Kier alpha value is -1.34. The molecule has 0 heterocycles. The summed E-state index contributed by atoms with van der Waals surface area (Å²) in [4.78, 5) is 9.36. The van der Waals surface area contributed by atoms with E-state index in [9.17, 15) is 4.79 Å². The molecule has 13 heavy (non-hydrogen) atoms. The molecule has 0 fully saturated rings. The smallest absolute Gasteiger partial charge is 0.194 e. The van der Waals surface area contributed by atoms with Gasteiger partial charge in [-0.05, 0) is 28.1 Å². The van der Waals surface area contributed by atoms with E-state index in [4.69, 9.17) is 11.0 Å². The fourth-order valence-corrected chi connectivity index (χ4v) is 0.599. The summed E-state index contributed by atoms with van der Waals surface area (Å²) >= 11 is 2.63. The lowest BCUT2D eigenvalue weighted by Crippen LogP contribution is -1.87. The zero-order valence-electron chi connectivity index (χ0n) is 7.12. The Morgan fingerprint density at radius 2 is 2.00 bits per heavy atom. The molecule has 0 spiro atoms. The van der Waals surface area contributed by atoms with Gasteiger partial charge in [-0.1, -0.05) is 12.1 Å². The molecule has 68 valence electrons. The molecule has 3 nitrogen and oxygen atoms in total. The predicted octanol–water partition coefficient (Wildman–Crippen LogP) is 2.07. The average Bonchev–Trinajstić information content (AvgIpc) is 2.04. The van der Waals surface area contributed by atoms with Gasteiger partial charge >= 0.3 is 0 Å². The highest BCUT2D eigenvalue weighted by molar-refractivity contribution is 9.18. The van der Waals surface area contributed by atoms with Crippen molar-refractivity contribution >= 4 is 26.3 Å². The van der Waals surface area contributed by atoms with Crippen molar-refractivity contribution in [2.45, 2.75) is 6.92 Å². The van der Waals surface area contributed by atoms with Crippen LogP contribution in [0.3, 0.4) is 0 Å². The Morgan fingerprint density at radius 3 is 2.31 bits per heavy atom. The molecule has 1 aromatic carbocycles. The van der Waals surface area contributed by atoms with Crippen molar-refractivity contribution in [2.24, 2.45) is 0 Å². The quantitative estimate of drug-likeness (QED) is 0.558. The van der Waals surface area contributed by atoms with E-state index in [1.165, 1.54) is 6.92 Å². The molecule has 0 amide bonds. The van der Waals surface area contributed by atoms with Crippen LogP contribution in [0.2, 0.25) is 0 Å². The molecule has 2 N–H and O–H groups in total. The molecular weight excluding hydrogens is 232 g/mol. The largest absolute Gasteiger partial charge is 0.398 e. The Kier molecular flexibility index (Phi) is 5.57. The van der Waals surface area contributed by atoms with Crippen LogP contribution in [0, 0.1) is 11.3 Å². The maximum atomic E-state index is 9.36. The first kappa shape index (κ1) is 11.7. The van der Waals surface area contributed by atoms with E-state index in [1.54, 1.807) is 24.3 Å². The van der Waals surface area contributed by atoms with Crippen molar-refractivity contribution in [1.29, 1.82) is 5.26 Å². The molecule has 0 unspecified atom stereocenters. The monoisotopic (exact) mass is 240 g/mol. The van der Waals surface area contributed by atoms with Crippen LogP contribution in [-0.2, 0) is 4.79 Å². The molecule has 0 bridgehead atoms. The fraction of sp³-hybridized carbons (Fsp3) is 0.111. The van der Waals surface area contributed by atoms with E-state index in [0.717, 1.165) is 0 Å². The van der Waals surface area contributed by atoms with Gasteiger partial charge in [0.05, 0.1) is 5.56 Å². The van der Waals surface area contributed by atoms with Crippen molar-refractivity contribution in [2.75, 3.05) is 5.73 Å². The lowest BCUT2D eigenvalue weighted by atomic mass is 10.2. The number of carbonyl (C=O) groups excluding carboxylic acids is 1. The van der Waals surface area contributed by atoms with Crippen LogP contribution in [0.15, 0.2) is 24.3 Å². The van der Waals surface area contributed by atoms with Gasteiger partial charge in [-0.3, -0.25) is 4.79 Å². The summed E-state index contributed by atoms with van der Waals surface area (Å²) in [6.45, 7) is 1.44. The first-order chi connectivity index (χ1) is 6.07. The lowest BCUT2D eigenvalue weighted by Gasteiger charge is -1.91. The van der Waals surface area contributed by atoms with Crippen LogP contribution >= 0.6 is 15.9 Å². The van der Waals surface area contributed by atoms with Crippen LogP contribution in [0.1, 0.15) is 12.5 Å². The number of rotatable bonds is 0. The summed E-state index contributed by atoms with van der Waals surface area (Å²) in [6.07, 6.45) is 0. The van der Waals surface area contributed by atoms with E-state index in [1.807, 2.05) is 6.07 Å². The second kappa shape index (κ2) is 6.21. The molecule has 0 atom stereocenters. The van der Waals surface area contributed by atoms with E-state index >= 15 is 0 Å². The van der Waals surface area contributed by atoms with Crippen LogP contribution in [0.4, 0.5) is 5.69 Å². The summed E-state index contributed by atoms with van der Waals surface area (Å²) < 4.78 is -0.0208. The summed E-state index contributed by atoms with van der Waals surface area (Å²) in [5, 5.41) is 8.39. The number of halogens is 1. The third kappa shape index (κ3) is 5.88. The highest BCUT2D eigenvalue weighted by Crippen LogP contribution is 2.06. The highest BCUT2D eigenvalue weighted by Gasteiger charge is 1.90. The highest BCUT2D eigenvalue weighted by atomic mass is 79.9. The third-order valence-electron chi connectivity index (χ3n) is 1.08. The number of benzene rings is 1. The number of hydrogen-bond donors (Lipinski definition) is 1. The number of nitrogen functional groups attached to an aromatic ring is 1. The van der Waals surface area contributed by atoms with E-state index < -0.39 is 0 Å². The molecule has 0 saturated carbocycles. The van der Waals surface area contributed by atoms with Gasteiger partial charge in [0.2, 0.25) is 0 Å². The van der Waals surface area contributed by atoms with Gasteiger partial charge in [-0.15, -0.1) is 0 Å². The van der Waals surface area contributed by atoms with Gasteiger partial charge in [-0.2, -0.15) is 5.26 Å². The molecule has 1 rings (SSSR count). The number of anilines is 1. The van der Waals surface area contributed by atoms with E-state index in [2.05, 4.69) is 15.9 Å². The normalized spacial score (nSPS) is 7.77. The van der Waals surface area contributed by atoms with Crippen molar-refractivity contribution in [3.63, 3.8) is 0 Å². The van der Waals surface area contributed by atoms with Gasteiger partial charge in [0.15, 0.2) is 4.69 Å². The molecule has 0 radical (unpaired) electrons. The number of hydrogen-bond acceptors (Lipinski definition) is 3. The maximum Gasteiger partial charge on any atom is 0.194 e. The average molecular weight is 241 g/mol. The van der Waals surface area contributed by atoms with Crippen molar-refractivity contribution < 1.29 is 4.79 Å². The van der Waals surface area contributed by atoms with Crippen LogP contribution in [0.5, 0.6) is 0 Å². The minimum absolute atomic E-state index is 0.0208. The molecular formula is C9H9BrN2O. The van der Waals surface area contributed by atoms with Crippen molar-refractivity contribution in [3.05, 3.63) is 29.8 Å². The standard InChI is InChI=1S/C7H6N2.C2H3BrO/c8-5-6-3-1-2-4-7(6)9;1-2(3)4/h1-4H,9H2;1H3. The zero-order chi connectivity index (χ0) is 10.3. The second-order valence-electron chi connectivity index (χ2n) is 2.17. The molecule has 0 saturated heterocycles. The predicted molar refractivity (Wildman–Crippen MR) is 55.2 cm³/mol. The first-order valence-corrected chi connectivity index (χ1v) is 4.28. The molecule has 0 aliphatic heterocycles. The number of nitrogens with two attached hydrogens (primary N) is 1. The summed E-state index contributed by atoms with van der Waals surface area (Å²) in [5.74, 6) is 0. The van der Waals surface area contributed by atoms with Gasteiger partial charge in [0.25, 0.3) is 0 Å². The second-order valence-corrected chi connectivity index (χ2v) is 3.29. The lowest BCUT2D eigenvalue weighted by molar-refractivity contribution is -0.108. The molecule has 0 aromatic heterocycles. The summed E-state index contributed by atoms with van der Waals surface area (Å²) in [6, 6.07) is 8.96. The molecule has 4 heteroatoms. The Balaban J connectivity index is 0.000000310. The number of para-hydroxylation sites is 1. The fourth-order valence-electron chi connectivity index (χ4n) is 0.599. The SMILES string of the molecule is CC(=O)Br.N#Cc1ccccc1N. The first-order valence-electron chi connectivity index (χ1n) is 3.48. The molecule has 0 aliphatic rings. The van der Waals surface area contributed by atoms with Crippen molar-refractivity contribution in [1.82, 2.24) is 0 Å². The van der Waals surface area contributed by atoms with Gasteiger partial charge in [0.1, 0.15) is 6.07 Å². The van der Waals surface area contributed by atoms with E-state index in [-0.39, 0.29) is 4.69 Å². The summed E-state index contributed by atoms with van der Waals surface area (Å²) in [7, 11) is 0. The molecule has 1 aromatic rings. The number of nitriles is 1. The topological polar surface area (TPSA) is 66.9 Å². The summed E-state index contributed by atoms with van der Waals surface area (Å²) in [5.41, 5.74) is 6.49. The van der Waals surface area contributed by atoms with E-state index in [0.29, 0.717) is 11.3 Å². The Labute approximate surface area is 85.3 Å². The van der Waals surface area contributed by atoms with Crippen LogP contribution < -0.4 is 5.73 Å². The Bertz CT molecular complexity index is 327. The van der Waals surface area contributed by atoms with Crippen LogP contribution in [-0.4, -0.2) is 4.69 Å². The zero-order valence-corrected chi connectivity index (χ0v) is 8.71. The van der Waals surface area contributed by atoms with Gasteiger partial charge in [0, 0.05) is 12.6 Å². The molecule has 0 aliphatic carbocycles. The van der Waals surface area contributed by atoms with Gasteiger partial charge in [-0.25, -0.2) is 0 Å². The van der Waals surface area contributed by atoms with Gasteiger partial charge < -0.3 is 5.73 Å². The van der Waals surface area contributed by atoms with Crippen LogP contribution in [0.25, 0.3) is 0 Å².